The van der Waals surface area contributed by atoms with Crippen LogP contribution in [0.5, 0.6) is 5.75 Å². The van der Waals surface area contributed by atoms with E-state index in [9.17, 15) is 31.8 Å². The van der Waals surface area contributed by atoms with Crippen molar-refractivity contribution >= 4 is 31.7 Å². The van der Waals surface area contributed by atoms with Gasteiger partial charge in [-0.25, -0.2) is 21.6 Å². The van der Waals surface area contributed by atoms with E-state index in [1.807, 2.05) is 13.8 Å². The second-order valence-corrected chi connectivity index (χ2v) is 12.4. The number of carbonyl (C=O) groups is 1. The number of allylic oxidation sites excluding steroid dienone is 1. The molecule has 3 aromatic carbocycles. The van der Waals surface area contributed by atoms with Crippen molar-refractivity contribution in [2.24, 2.45) is 0 Å². The molecule has 0 saturated carbocycles. The molecular weight excluding hydrogens is 556 g/mol. The smallest absolute Gasteiger partial charge is 0.337 e. The van der Waals surface area contributed by atoms with E-state index < -0.39 is 32.1 Å². The lowest BCUT2D eigenvalue weighted by atomic mass is 10.0. The van der Waals surface area contributed by atoms with Gasteiger partial charge in [-0.1, -0.05) is 41.5 Å². The van der Waals surface area contributed by atoms with Gasteiger partial charge in [-0.2, -0.15) is 4.72 Å². The Kier molecular flexibility index (Phi) is 8.14. The van der Waals surface area contributed by atoms with Gasteiger partial charge in [-0.15, -0.1) is 0 Å². The van der Waals surface area contributed by atoms with Gasteiger partial charge in [0.05, 0.1) is 33.3 Å². The zero-order chi connectivity index (χ0) is 29.1. The van der Waals surface area contributed by atoms with E-state index in [1.54, 1.807) is 24.3 Å². The van der Waals surface area contributed by atoms with E-state index in [-0.39, 0.29) is 38.1 Å². The van der Waals surface area contributed by atoms with Crippen molar-refractivity contribution in [1.82, 2.24) is 4.72 Å². The summed E-state index contributed by atoms with van der Waals surface area (Å²) in [7, 11) is -7.95. The van der Waals surface area contributed by atoms with Gasteiger partial charge in [-0.05, 0) is 68.5 Å². The van der Waals surface area contributed by atoms with Crippen LogP contribution < -0.4 is 14.2 Å². The minimum absolute atomic E-state index is 0.0249. The first kappa shape index (κ1) is 28.6. The number of aryl methyl sites for hydroxylation is 2. The number of nitrogens with one attached hydrogen (secondary N) is 2. The van der Waals surface area contributed by atoms with Gasteiger partial charge in [0.15, 0.2) is 0 Å². The first-order chi connectivity index (χ1) is 18.9. The highest BCUT2D eigenvalue weighted by Gasteiger charge is 2.24. The van der Waals surface area contributed by atoms with Gasteiger partial charge in [0.1, 0.15) is 11.5 Å². The number of rotatable bonds is 9. The Morgan fingerprint density at radius 2 is 1.45 bits per heavy atom. The molecule has 1 unspecified atom stereocenters. The molecule has 40 heavy (non-hydrogen) atoms. The predicted molar refractivity (Wildman–Crippen MR) is 149 cm³/mol. The molecule has 0 bridgehead atoms. The summed E-state index contributed by atoms with van der Waals surface area (Å²) < 4.78 is 61.6. The van der Waals surface area contributed by atoms with E-state index in [0.29, 0.717) is 0 Å². The van der Waals surface area contributed by atoms with Crippen LogP contribution in [-0.4, -0.2) is 39.1 Å². The maximum Gasteiger partial charge on any atom is 0.337 e. The normalized spacial score (nSPS) is 16.4. The topological polar surface area (TPSA) is 159 Å². The fourth-order valence-electron chi connectivity index (χ4n) is 3.76. The number of anilines is 1. The van der Waals surface area contributed by atoms with Crippen LogP contribution >= 0.6 is 0 Å². The van der Waals surface area contributed by atoms with Crippen molar-refractivity contribution in [3.63, 3.8) is 0 Å². The molecule has 1 aliphatic carbocycles. The second-order valence-electron chi connectivity index (χ2n) is 8.98. The van der Waals surface area contributed by atoms with Gasteiger partial charge in [0.2, 0.25) is 10.0 Å². The monoisotopic (exact) mass is 582 g/mol. The standard InChI is InChI=1S/C28H26N2O8S2/c1-18-3-9-23(10-4-18)39(34,35)29-26-13-7-21(15-20(26)17-31)38-22-8-14-27(25(16-22)28(32)33)30-40(36,37)24-11-5-19(2)6-12-24/h3-17,26,29-31H,1-2H3,(H,32,33). The fraction of sp³-hybridized carbons (Fsp3) is 0.107. The fourth-order valence-corrected chi connectivity index (χ4v) is 6.01. The van der Waals surface area contributed by atoms with Crippen LogP contribution in [0.3, 0.4) is 0 Å². The maximum absolute atomic E-state index is 12.8. The predicted octanol–water partition coefficient (Wildman–Crippen LogP) is 4.42. The van der Waals surface area contributed by atoms with E-state index in [1.165, 1.54) is 54.6 Å². The van der Waals surface area contributed by atoms with Crippen LogP contribution in [0.4, 0.5) is 5.69 Å². The summed E-state index contributed by atoms with van der Waals surface area (Å²) in [5.74, 6) is -1.14. The highest BCUT2D eigenvalue weighted by atomic mass is 32.2. The third kappa shape index (κ3) is 6.60. The lowest BCUT2D eigenvalue weighted by Crippen LogP contribution is -2.35. The van der Waals surface area contributed by atoms with E-state index in [4.69, 9.17) is 4.74 Å². The Balaban J connectivity index is 1.52. The SMILES string of the molecule is Cc1ccc(S(=O)(=O)Nc2ccc(OC3=CC(=CO)C(NS(=O)(=O)c4ccc(C)cc4)C=C3)cc2C(=O)O)cc1. The zero-order valence-corrected chi connectivity index (χ0v) is 23.0. The molecule has 0 aromatic heterocycles. The number of aliphatic hydroxyl groups excluding tert-OH is 1. The van der Waals surface area contributed by atoms with Crippen molar-refractivity contribution < 1.29 is 36.6 Å². The minimum Gasteiger partial charge on any atom is -0.515 e. The average Bonchev–Trinajstić information content (AvgIpc) is 2.90. The lowest BCUT2D eigenvalue weighted by Gasteiger charge is -2.21. The number of ether oxygens (including phenoxy) is 1. The first-order valence-corrected chi connectivity index (χ1v) is 14.8. The molecule has 0 spiro atoms. The summed E-state index contributed by atoms with van der Waals surface area (Å²) in [5.41, 5.74) is 1.44. The Morgan fingerprint density at radius 3 is 2.00 bits per heavy atom. The molecule has 4 rings (SSSR count). The molecule has 0 radical (unpaired) electrons. The number of sulfonamides is 2. The molecule has 0 aliphatic heterocycles. The highest BCUT2D eigenvalue weighted by molar-refractivity contribution is 7.92. The van der Waals surface area contributed by atoms with Crippen LogP contribution in [-0.2, 0) is 20.0 Å². The average molecular weight is 583 g/mol. The summed E-state index contributed by atoms with van der Waals surface area (Å²) in [6, 6.07) is 15.3. The molecule has 208 valence electrons. The van der Waals surface area contributed by atoms with Crippen molar-refractivity contribution in [3.05, 3.63) is 119 Å². The Labute approximate surface area is 232 Å². The molecule has 0 amide bonds. The lowest BCUT2D eigenvalue weighted by molar-refractivity contribution is 0.0697. The highest BCUT2D eigenvalue weighted by Crippen LogP contribution is 2.28. The molecule has 0 fully saturated rings. The summed E-state index contributed by atoms with van der Waals surface area (Å²) in [4.78, 5) is 12.0. The first-order valence-electron chi connectivity index (χ1n) is 11.9. The summed E-state index contributed by atoms with van der Waals surface area (Å²) >= 11 is 0. The van der Waals surface area contributed by atoms with Crippen LogP contribution in [0.25, 0.3) is 0 Å². The van der Waals surface area contributed by atoms with E-state index >= 15 is 0 Å². The third-order valence-corrected chi connectivity index (χ3v) is 8.75. The van der Waals surface area contributed by atoms with Crippen molar-refractivity contribution in [2.75, 3.05) is 4.72 Å². The van der Waals surface area contributed by atoms with Gasteiger partial charge >= 0.3 is 5.97 Å². The number of carboxylic acids is 1. The summed E-state index contributed by atoms with van der Waals surface area (Å²) in [6.07, 6.45) is 5.05. The quantitative estimate of drug-likeness (QED) is 0.270. The molecule has 1 aliphatic rings. The van der Waals surface area contributed by atoms with Crippen LogP contribution in [0.15, 0.2) is 112 Å². The van der Waals surface area contributed by atoms with Gasteiger partial charge < -0.3 is 14.9 Å². The minimum atomic E-state index is -4.05. The number of benzene rings is 3. The maximum atomic E-state index is 12.8. The summed E-state index contributed by atoms with van der Waals surface area (Å²) in [5, 5.41) is 19.5. The van der Waals surface area contributed by atoms with Crippen LogP contribution in [0, 0.1) is 13.8 Å². The van der Waals surface area contributed by atoms with Crippen molar-refractivity contribution in [1.29, 1.82) is 0 Å². The Bertz CT molecular complexity index is 1740. The largest absolute Gasteiger partial charge is 0.515 e. The van der Waals surface area contributed by atoms with Crippen LogP contribution in [0.2, 0.25) is 0 Å². The molecular formula is C28H26N2O8S2. The number of carboxylic acid groups (broad SMARTS) is 1. The molecule has 0 saturated heterocycles. The molecule has 12 heteroatoms. The van der Waals surface area contributed by atoms with Gasteiger partial charge in [-0.3, -0.25) is 4.72 Å². The number of aromatic carboxylic acids is 1. The van der Waals surface area contributed by atoms with Gasteiger partial charge in [0, 0.05) is 5.57 Å². The number of hydrogen-bond acceptors (Lipinski definition) is 7. The van der Waals surface area contributed by atoms with E-state index in [0.717, 1.165) is 23.5 Å². The Morgan fingerprint density at radius 1 is 0.875 bits per heavy atom. The van der Waals surface area contributed by atoms with Crippen molar-refractivity contribution in [3.8, 4) is 5.75 Å². The second kappa shape index (κ2) is 11.4. The van der Waals surface area contributed by atoms with E-state index in [2.05, 4.69) is 9.44 Å². The molecule has 1 atom stereocenters. The molecule has 3 aromatic rings. The third-order valence-electron chi connectivity index (χ3n) is 5.92. The number of hydrogen-bond donors (Lipinski definition) is 4. The van der Waals surface area contributed by atoms with Gasteiger partial charge in [0.25, 0.3) is 10.0 Å². The molecule has 4 N–H and O–H groups in total. The molecule has 0 heterocycles. The molecule has 10 nitrogen and oxygen atoms in total. The number of aliphatic hydroxyl groups is 1. The summed E-state index contributed by atoms with van der Waals surface area (Å²) in [6.45, 7) is 3.65. The zero-order valence-electron chi connectivity index (χ0n) is 21.4. The van der Waals surface area contributed by atoms with Crippen molar-refractivity contribution in [2.45, 2.75) is 29.7 Å². The Hall–Kier alpha value is -4.39. The van der Waals surface area contributed by atoms with Crippen LogP contribution in [0.1, 0.15) is 21.5 Å².